The summed E-state index contributed by atoms with van der Waals surface area (Å²) in [6, 6.07) is 0. The predicted molar refractivity (Wildman–Crippen MR) is 86.5 cm³/mol. The van der Waals surface area contributed by atoms with Gasteiger partial charge < -0.3 is 15.3 Å². The molecule has 0 saturated carbocycles. The van der Waals surface area contributed by atoms with Crippen molar-refractivity contribution < 1.29 is 5.11 Å². The Morgan fingerprint density at radius 3 is 2.57 bits per heavy atom. The molecule has 0 spiro atoms. The Balaban J connectivity index is 2.08. The van der Waals surface area contributed by atoms with Crippen LogP contribution < -0.4 is 10.2 Å². The van der Waals surface area contributed by atoms with Gasteiger partial charge in [-0.05, 0) is 38.1 Å². The molecule has 1 aromatic heterocycles. The fourth-order valence-corrected chi connectivity index (χ4v) is 3.11. The molecular formula is C16H30N4O. The summed E-state index contributed by atoms with van der Waals surface area (Å²) in [4.78, 5) is 2.43. The minimum Gasteiger partial charge on any atom is -0.396 e. The van der Waals surface area contributed by atoms with Gasteiger partial charge in [-0.3, -0.25) is 4.68 Å². The molecule has 1 aromatic rings. The number of anilines is 1. The van der Waals surface area contributed by atoms with E-state index in [4.69, 9.17) is 0 Å². The number of aliphatic hydroxyl groups is 1. The molecule has 1 aliphatic rings. The highest BCUT2D eigenvalue weighted by atomic mass is 16.3. The number of piperidine rings is 1. The first-order valence-corrected chi connectivity index (χ1v) is 8.12. The van der Waals surface area contributed by atoms with Gasteiger partial charge in [0.05, 0.1) is 5.69 Å². The van der Waals surface area contributed by atoms with Crippen LogP contribution in [0.4, 0.5) is 5.82 Å². The first kappa shape index (κ1) is 16.3. The van der Waals surface area contributed by atoms with E-state index in [1.54, 1.807) is 0 Å². The highest BCUT2D eigenvalue weighted by Gasteiger charge is 2.24. The molecule has 1 aliphatic heterocycles. The second-order valence-electron chi connectivity index (χ2n) is 6.65. The Morgan fingerprint density at radius 2 is 2.00 bits per heavy atom. The van der Waals surface area contributed by atoms with Crippen molar-refractivity contribution in [2.75, 3.05) is 31.1 Å². The molecule has 0 atom stereocenters. The van der Waals surface area contributed by atoms with Crippen LogP contribution in [-0.2, 0) is 13.6 Å². The minimum atomic E-state index is 0.320. The van der Waals surface area contributed by atoms with Gasteiger partial charge in [-0.1, -0.05) is 13.8 Å². The highest BCUT2D eigenvalue weighted by molar-refractivity contribution is 5.50. The number of aliphatic hydroxyl groups excluding tert-OH is 1. The zero-order chi connectivity index (χ0) is 15.4. The Kier molecular flexibility index (Phi) is 5.65. The topological polar surface area (TPSA) is 53.3 Å². The molecule has 0 amide bonds. The van der Waals surface area contributed by atoms with E-state index in [2.05, 4.69) is 36.1 Å². The summed E-state index contributed by atoms with van der Waals surface area (Å²) in [6.07, 6.45) is 2.14. The van der Waals surface area contributed by atoms with Crippen LogP contribution in [0, 0.1) is 18.8 Å². The van der Waals surface area contributed by atoms with Crippen LogP contribution in [0.25, 0.3) is 0 Å². The van der Waals surface area contributed by atoms with Crippen LogP contribution in [0.1, 0.15) is 37.9 Å². The Morgan fingerprint density at radius 1 is 1.33 bits per heavy atom. The van der Waals surface area contributed by atoms with E-state index in [1.165, 1.54) is 11.4 Å². The normalized spacial score (nSPS) is 17.0. The molecule has 0 aliphatic carbocycles. The smallest absolute Gasteiger partial charge is 0.131 e. The Labute approximate surface area is 128 Å². The van der Waals surface area contributed by atoms with Crippen molar-refractivity contribution in [3.05, 3.63) is 11.3 Å². The fourth-order valence-electron chi connectivity index (χ4n) is 3.11. The first-order valence-electron chi connectivity index (χ1n) is 8.12. The monoisotopic (exact) mass is 294 g/mol. The third kappa shape index (κ3) is 3.98. The zero-order valence-electron chi connectivity index (χ0n) is 13.9. The lowest BCUT2D eigenvalue weighted by atomic mass is 9.97. The van der Waals surface area contributed by atoms with Crippen molar-refractivity contribution in [2.45, 2.75) is 40.2 Å². The number of rotatable bonds is 6. The molecule has 5 heteroatoms. The average molecular weight is 294 g/mol. The second-order valence-corrected chi connectivity index (χ2v) is 6.65. The van der Waals surface area contributed by atoms with Crippen molar-refractivity contribution in [1.29, 1.82) is 0 Å². The molecular weight excluding hydrogens is 264 g/mol. The van der Waals surface area contributed by atoms with E-state index in [0.717, 1.165) is 44.7 Å². The maximum absolute atomic E-state index is 9.28. The quantitative estimate of drug-likeness (QED) is 0.838. The standard InChI is InChI=1S/C16H30N4O/c1-12(2)9-17-10-15-13(3)18-19(4)16(15)20-7-5-14(11-21)6-8-20/h12,14,17,21H,5-11H2,1-4H3. The van der Waals surface area contributed by atoms with Crippen LogP contribution in [0.3, 0.4) is 0 Å². The summed E-state index contributed by atoms with van der Waals surface area (Å²) >= 11 is 0. The third-order valence-electron chi connectivity index (χ3n) is 4.34. The number of nitrogens with one attached hydrogen (secondary N) is 1. The minimum absolute atomic E-state index is 0.320. The molecule has 0 unspecified atom stereocenters. The van der Waals surface area contributed by atoms with Crippen LogP contribution in [0.2, 0.25) is 0 Å². The van der Waals surface area contributed by atoms with Gasteiger partial charge in [0.25, 0.3) is 0 Å². The summed E-state index contributed by atoms with van der Waals surface area (Å²) in [7, 11) is 2.03. The molecule has 21 heavy (non-hydrogen) atoms. The van der Waals surface area contributed by atoms with E-state index < -0.39 is 0 Å². The molecule has 2 heterocycles. The van der Waals surface area contributed by atoms with Crippen molar-refractivity contribution >= 4 is 5.82 Å². The first-order chi connectivity index (χ1) is 10.0. The maximum atomic E-state index is 9.28. The summed E-state index contributed by atoms with van der Waals surface area (Å²) in [5, 5.41) is 17.4. The molecule has 2 rings (SSSR count). The average Bonchev–Trinajstić information content (AvgIpc) is 2.73. The van der Waals surface area contributed by atoms with Gasteiger partial charge in [-0.15, -0.1) is 0 Å². The van der Waals surface area contributed by atoms with E-state index in [9.17, 15) is 5.11 Å². The van der Waals surface area contributed by atoms with Crippen LogP contribution in [-0.4, -0.2) is 41.1 Å². The van der Waals surface area contributed by atoms with Crippen molar-refractivity contribution in [1.82, 2.24) is 15.1 Å². The second kappa shape index (κ2) is 7.27. The molecule has 1 fully saturated rings. The number of hydrogen-bond acceptors (Lipinski definition) is 4. The largest absolute Gasteiger partial charge is 0.396 e. The number of nitrogens with zero attached hydrogens (tertiary/aromatic N) is 3. The van der Waals surface area contributed by atoms with Gasteiger partial charge >= 0.3 is 0 Å². The van der Waals surface area contributed by atoms with E-state index >= 15 is 0 Å². The molecule has 0 bridgehead atoms. The summed E-state index contributed by atoms with van der Waals surface area (Å²) in [6.45, 7) is 10.8. The zero-order valence-corrected chi connectivity index (χ0v) is 13.9. The van der Waals surface area contributed by atoms with Gasteiger partial charge in [0.15, 0.2) is 0 Å². The fraction of sp³-hybridized carbons (Fsp3) is 0.812. The number of hydrogen-bond donors (Lipinski definition) is 2. The van der Waals surface area contributed by atoms with Crippen LogP contribution >= 0.6 is 0 Å². The third-order valence-corrected chi connectivity index (χ3v) is 4.34. The van der Waals surface area contributed by atoms with Gasteiger partial charge in [-0.25, -0.2) is 0 Å². The Bertz CT molecular complexity index is 447. The van der Waals surface area contributed by atoms with Crippen molar-refractivity contribution in [3.8, 4) is 0 Å². The van der Waals surface area contributed by atoms with Crippen molar-refractivity contribution in [3.63, 3.8) is 0 Å². The highest BCUT2D eigenvalue weighted by Crippen LogP contribution is 2.27. The predicted octanol–water partition coefficient (Wildman–Crippen LogP) is 1.68. The maximum Gasteiger partial charge on any atom is 0.131 e. The molecule has 0 aromatic carbocycles. The lowest BCUT2D eigenvalue weighted by Crippen LogP contribution is -2.36. The van der Waals surface area contributed by atoms with Crippen LogP contribution in [0.5, 0.6) is 0 Å². The number of aromatic nitrogens is 2. The molecule has 1 saturated heterocycles. The number of aryl methyl sites for hydroxylation is 2. The van der Waals surface area contributed by atoms with E-state index in [1.807, 2.05) is 11.7 Å². The molecule has 120 valence electrons. The van der Waals surface area contributed by atoms with E-state index in [-0.39, 0.29) is 0 Å². The van der Waals surface area contributed by atoms with Gasteiger partial charge in [-0.2, -0.15) is 5.10 Å². The van der Waals surface area contributed by atoms with Crippen LogP contribution in [0.15, 0.2) is 0 Å². The lowest BCUT2D eigenvalue weighted by molar-refractivity contribution is 0.202. The SMILES string of the molecule is Cc1nn(C)c(N2CCC(CO)CC2)c1CNCC(C)C. The summed E-state index contributed by atoms with van der Waals surface area (Å²) < 4.78 is 2.01. The van der Waals surface area contributed by atoms with Gasteiger partial charge in [0.2, 0.25) is 0 Å². The molecule has 5 nitrogen and oxygen atoms in total. The lowest BCUT2D eigenvalue weighted by Gasteiger charge is -2.33. The summed E-state index contributed by atoms with van der Waals surface area (Å²) in [5.74, 6) is 2.38. The van der Waals surface area contributed by atoms with Crippen molar-refractivity contribution in [2.24, 2.45) is 18.9 Å². The van der Waals surface area contributed by atoms with Gasteiger partial charge in [0.1, 0.15) is 5.82 Å². The van der Waals surface area contributed by atoms with E-state index in [0.29, 0.717) is 18.4 Å². The Hall–Kier alpha value is -1.07. The molecule has 2 N–H and O–H groups in total. The summed E-state index contributed by atoms with van der Waals surface area (Å²) in [5.41, 5.74) is 2.44. The van der Waals surface area contributed by atoms with Gasteiger partial charge in [0, 0.05) is 38.9 Å². The molecule has 0 radical (unpaired) electrons.